The maximum atomic E-state index is 12.8. The van der Waals surface area contributed by atoms with E-state index in [9.17, 15) is 9.00 Å². The molecule has 3 nitrogen and oxygen atoms in total. The number of halogens is 1. The molecule has 0 N–H and O–H groups in total. The van der Waals surface area contributed by atoms with Crippen LogP contribution in [0.5, 0.6) is 0 Å². The Bertz CT molecular complexity index is 741. The third-order valence-corrected chi connectivity index (χ3v) is 5.35. The van der Waals surface area contributed by atoms with Crippen LogP contribution in [0, 0.1) is 0 Å². The lowest BCUT2D eigenvalue weighted by molar-refractivity contribution is 0.0730. The molecule has 1 aliphatic carbocycles. The molecule has 0 saturated heterocycles. The van der Waals surface area contributed by atoms with Gasteiger partial charge in [-0.15, -0.1) is 0 Å². The number of carbonyl (C=O) groups is 1. The lowest BCUT2D eigenvalue weighted by Gasteiger charge is -2.23. The van der Waals surface area contributed by atoms with Gasteiger partial charge in [0.05, 0.1) is 0 Å². The summed E-state index contributed by atoms with van der Waals surface area (Å²) in [6, 6.07) is 15.5. The SMILES string of the molecule is CS(=O)c1ccc(C(=O)N(Cc2cccc(Br)c2)C2CC2)cc1. The second kappa shape index (κ2) is 6.97. The molecule has 120 valence electrons. The standard InChI is InChI=1S/C18H18BrNO2S/c1-23(22)17-9-5-14(6-10-17)18(21)20(16-7-8-16)12-13-3-2-4-15(19)11-13/h2-6,9-11,16H,7-8,12H2,1H3. The number of nitrogens with zero attached hydrogens (tertiary/aromatic N) is 1. The maximum Gasteiger partial charge on any atom is 0.254 e. The predicted molar refractivity (Wildman–Crippen MR) is 95.8 cm³/mol. The zero-order valence-corrected chi connectivity index (χ0v) is 15.3. The van der Waals surface area contributed by atoms with E-state index in [2.05, 4.69) is 15.9 Å². The first-order valence-electron chi connectivity index (χ1n) is 7.53. The first-order valence-corrected chi connectivity index (χ1v) is 9.88. The van der Waals surface area contributed by atoms with Crippen LogP contribution >= 0.6 is 15.9 Å². The lowest BCUT2D eigenvalue weighted by atomic mass is 10.1. The second-order valence-corrected chi connectivity index (χ2v) is 8.07. The average molecular weight is 392 g/mol. The Morgan fingerprint density at radius 3 is 2.48 bits per heavy atom. The van der Waals surface area contributed by atoms with Crippen LogP contribution in [0.25, 0.3) is 0 Å². The minimum absolute atomic E-state index is 0.0425. The topological polar surface area (TPSA) is 37.4 Å². The molecule has 1 saturated carbocycles. The predicted octanol–water partition coefficient (Wildman–Crippen LogP) is 3.99. The van der Waals surface area contributed by atoms with E-state index in [4.69, 9.17) is 0 Å². The molecule has 0 spiro atoms. The van der Waals surface area contributed by atoms with E-state index >= 15 is 0 Å². The van der Waals surface area contributed by atoms with Crippen molar-refractivity contribution in [1.29, 1.82) is 0 Å². The number of carbonyl (C=O) groups excluding carboxylic acids is 1. The highest BCUT2D eigenvalue weighted by molar-refractivity contribution is 9.10. The summed E-state index contributed by atoms with van der Waals surface area (Å²) in [6.45, 7) is 0.615. The Hall–Kier alpha value is -1.46. The molecule has 1 unspecified atom stereocenters. The van der Waals surface area contributed by atoms with Crippen LogP contribution in [-0.2, 0) is 17.3 Å². The van der Waals surface area contributed by atoms with Gasteiger partial charge in [0, 0.05) is 44.6 Å². The van der Waals surface area contributed by atoms with Gasteiger partial charge in [-0.1, -0.05) is 28.1 Å². The molecule has 2 aromatic rings. The van der Waals surface area contributed by atoms with Gasteiger partial charge in [0.15, 0.2) is 0 Å². The average Bonchev–Trinajstić information content (AvgIpc) is 3.37. The summed E-state index contributed by atoms with van der Waals surface area (Å²) < 4.78 is 12.5. The van der Waals surface area contributed by atoms with Crippen LogP contribution in [0.2, 0.25) is 0 Å². The zero-order chi connectivity index (χ0) is 16.4. The molecule has 0 bridgehead atoms. The smallest absolute Gasteiger partial charge is 0.254 e. The van der Waals surface area contributed by atoms with Gasteiger partial charge in [-0.3, -0.25) is 9.00 Å². The highest BCUT2D eigenvalue weighted by atomic mass is 79.9. The highest BCUT2D eigenvalue weighted by Crippen LogP contribution is 2.30. The van der Waals surface area contributed by atoms with Crippen molar-refractivity contribution in [3.8, 4) is 0 Å². The van der Waals surface area contributed by atoms with Gasteiger partial charge in [0.2, 0.25) is 0 Å². The Morgan fingerprint density at radius 1 is 1.22 bits per heavy atom. The van der Waals surface area contributed by atoms with Crippen LogP contribution in [0.4, 0.5) is 0 Å². The Labute approximate surface area is 147 Å². The Morgan fingerprint density at radius 2 is 1.91 bits per heavy atom. The molecule has 0 radical (unpaired) electrons. The second-order valence-electron chi connectivity index (χ2n) is 5.77. The van der Waals surface area contributed by atoms with Gasteiger partial charge >= 0.3 is 0 Å². The van der Waals surface area contributed by atoms with Crippen molar-refractivity contribution in [3.63, 3.8) is 0 Å². The van der Waals surface area contributed by atoms with E-state index in [1.54, 1.807) is 30.5 Å². The quantitative estimate of drug-likeness (QED) is 0.772. The van der Waals surface area contributed by atoms with E-state index in [0.717, 1.165) is 27.8 Å². The monoisotopic (exact) mass is 391 g/mol. The van der Waals surface area contributed by atoms with Crippen molar-refractivity contribution in [3.05, 3.63) is 64.1 Å². The van der Waals surface area contributed by atoms with Crippen LogP contribution < -0.4 is 0 Å². The van der Waals surface area contributed by atoms with Crippen LogP contribution in [0.3, 0.4) is 0 Å². The van der Waals surface area contributed by atoms with Gasteiger partial charge in [0.25, 0.3) is 5.91 Å². The van der Waals surface area contributed by atoms with E-state index in [1.807, 2.05) is 29.2 Å². The lowest BCUT2D eigenvalue weighted by Crippen LogP contribution is -2.32. The zero-order valence-electron chi connectivity index (χ0n) is 12.9. The summed E-state index contributed by atoms with van der Waals surface area (Å²) in [4.78, 5) is 15.5. The summed E-state index contributed by atoms with van der Waals surface area (Å²) in [5.74, 6) is 0.0425. The summed E-state index contributed by atoms with van der Waals surface area (Å²) in [5, 5.41) is 0. The minimum atomic E-state index is -1.02. The molecule has 1 atom stereocenters. The molecule has 5 heteroatoms. The van der Waals surface area contributed by atoms with Gasteiger partial charge < -0.3 is 4.90 Å². The van der Waals surface area contributed by atoms with Crippen LogP contribution in [-0.4, -0.2) is 27.3 Å². The number of hydrogen-bond donors (Lipinski definition) is 0. The Balaban J connectivity index is 1.80. The summed E-state index contributed by atoms with van der Waals surface area (Å²) in [5.41, 5.74) is 1.77. The molecular weight excluding hydrogens is 374 g/mol. The third-order valence-electron chi connectivity index (χ3n) is 3.92. The third kappa shape index (κ3) is 4.09. The molecule has 0 aliphatic heterocycles. The van der Waals surface area contributed by atoms with Gasteiger partial charge in [0.1, 0.15) is 0 Å². The van der Waals surface area contributed by atoms with Gasteiger partial charge in [-0.05, 0) is 54.8 Å². The molecule has 1 aliphatic rings. The fourth-order valence-corrected chi connectivity index (χ4v) is 3.51. The van der Waals surface area contributed by atoms with Crippen molar-refractivity contribution >= 4 is 32.6 Å². The first kappa shape index (κ1) is 16.4. The molecular formula is C18H18BrNO2S. The highest BCUT2D eigenvalue weighted by Gasteiger charge is 2.33. The van der Waals surface area contributed by atoms with E-state index in [0.29, 0.717) is 18.2 Å². The maximum absolute atomic E-state index is 12.8. The minimum Gasteiger partial charge on any atom is -0.331 e. The van der Waals surface area contributed by atoms with Crippen molar-refractivity contribution in [1.82, 2.24) is 4.90 Å². The summed E-state index contributed by atoms with van der Waals surface area (Å²) in [7, 11) is -1.02. The molecule has 3 rings (SSSR count). The number of amides is 1. The van der Waals surface area contributed by atoms with E-state index in [1.165, 1.54) is 0 Å². The number of benzene rings is 2. The van der Waals surface area contributed by atoms with Crippen molar-refractivity contribution in [2.24, 2.45) is 0 Å². The van der Waals surface area contributed by atoms with Crippen LogP contribution in [0.1, 0.15) is 28.8 Å². The molecule has 23 heavy (non-hydrogen) atoms. The summed E-state index contributed by atoms with van der Waals surface area (Å²) in [6.07, 6.45) is 3.77. The van der Waals surface area contributed by atoms with E-state index in [-0.39, 0.29) is 5.91 Å². The summed E-state index contributed by atoms with van der Waals surface area (Å²) >= 11 is 3.48. The Kier molecular flexibility index (Phi) is 4.97. The van der Waals surface area contributed by atoms with Crippen LogP contribution in [0.15, 0.2) is 57.9 Å². The normalized spacial score (nSPS) is 15.2. The van der Waals surface area contributed by atoms with E-state index < -0.39 is 10.8 Å². The number of rotatable bonds is 5. The molecule has 1 amide bonds. The van der Waals surface area contributed by atoms with Crippen molar-refractivity contribution in [2.45, 2.75) is 30.3 Å². The number of hydrogen-bond acceptors (Lipinski definition) is 2. The molecule has 0 heterocycles. The fourth-order valence-electron chi connectivity index (χ4n) is 2.54. The molecule has 1 fully saturated rings. The van der Waals surface area contributed by atoms with Gasteiger partial charge in [-0.2, -0.15) is 0 Å². The largest absolute Gasteiger partial charge is 0.331 e. The first-order chi connectivity index (χ1) is 11.0. The van der Waals surface area contributed by atoms with Crippen molar-refractivity contribution < 1.29 is 9.00 Å². The molecule has 0 aromatic heterocycles. The van der Waals surface area contributed by atoms with Gasteiger partial charge in [-0.25, -0.2) is 0 Å². The molecule has 2 aromatic carbocycles. The van der Waals surface area contributed by atoms with Crippen molar-refractivity contribution in [2.75, 3.05) is 6.26 Å². The fraction of sp³-hybridized carbons (Fsp3) is 0.278.